The molecule has 0 saturated heterocycles. The van der Waals surface area contributed by atoms with Crippen molar-refractivity contribution in [2.45, 2.75) is 72.0 Å². The molecule has 0 aliphatic heterocycles. The molecule has 11 heteroatoms. The molecule has 1 unspecified atom stereocenters. The van der Waals surface area contributed by atoms with Crippen LogP contribution in [-0.2, 0) is 23.1 Å². The van der Waals surface area contributed by atoms with E-state index in [9.17, 15) is 19.3 Å². The first-order valence-electron chi connectivity index (χ1n) is 11.6. The Kier molecular flexibility index (Phi) is 13.2. The topological polar surface area (TPSA) is 132 Å². The maximum absolute atomic E-state index is 12.7. The van der Waals surface area contributed by atoms with Gasteiger partial charge in [-0.25, -0.2) is 9.36 Å². The second kappa shape index (κ2) is 15.0. The molecule has 1 aromatic carbocycles. The minimum absolute atomic E-state index is 0.0490. The zero-order chi connectivity index (χ0) is 25.6. The van der Waals surface area contributed by atoms with Gasteiger partial charge in [0.2, 0.25) is 0 Å². The molecule has 34 heavy (non-hydrogen) atoms. The van der Waals surface area contributed by atoms with Crippen molar-refractivity contribution in [3.05, 3.63) is 29.8 Å². The monoisotopic (exact) mass is 502 g/mol. The molecule has 1 aromatic rings. The van der Waals surface area contributed by atoms with Gasteiger partial charge in [-0.15, -0.1) is 0 Å². The number of carbonyl (C=O) groups excluding carboxylic acids is 2. The maximum atomic E-state index is 12.7. The Bertz CT molecular complexity index is 802. The van der Waals surface area contributed by atoms with Gasteiger partial charge in [0, 0.05) is 18.7 Å². The minimum Gasteiger partial charge on any atom is -0.444 e. The van der Waals surface area contributed by atoms with Crippen molar-refractivity contribution in [2.75, 3.05) is 26.3 Å². The van der Waals surface area contributed by atoms with Crippen molar-refractivity contribution in [2.24, 2.45) is 0 Å². The van der Waals surface area contributed by atoms with E-state index < -0.39 is 31.5 Å². The number of unbranched alkanes of at least 4 members (excludes halogenated alkanes) is 3. The summed E-state index contributed by atoms with van der Waals surface area (Å²) < 4.78 is 33.5. The molecular weight excluding hydrogens is 463 g/mol. The van der Waals surface area contributed by atoms with Crippen molar-refractivity contribution >= 4 is 19.8 Å². The SMILES string of the molecule is CCOP(=O)(OCC)Oc1ccccc1C(O)C(=O)NCCCCCCNC(=O)OC(C)(C)C. The van der Waals surface area contributed by atoms with E-state index in [1.807, 2.05) is 20.8 Å². The van der Waals surface area contributed by atoms with E-state index in [2.05, 4.69) is 10.6 Å². The average molecular weight is 503 g/mol. The fourth-order valence-electron chi connectivity index (χ4n) is 2.87. The van der Waals surface area contributed by atoms with Gasteiger partial charge in [-0.05, 0) is 53.5 Å². The molecule has 1 rings (SSSR count). The molecule has 0 bridgehead atoms. The zero-order valence-corrected chi connectivity index (χ0v) is 21.7. The molecule has 0 aliphatic carbocycles. The number of phosphoric acid groups is 1. The molecule has 194 valence electrons. The van der Waals surface area contributed by atoms with Crippen LogP contribution in [-0.4, -0.2) is 49.0 Å². The molecule has 3 N–H and O–H groups in total. The quantitative estimate of drug-likeness (QED) is 0.236. The number of hydrogen-bond donors (Lipinski definition) is 3. The third-order valence-corrected chi connectivity index (χ3v) is 5.89. The lowest BCUT2D eigenvalue weighted by molar-refractivity contribution is -0.129. The number of hydrogen-bond acceptors (Lipinski definition) is 8. The zero-order valence-electron chi connectivity index (χ0n) is 20.8. The summed E-state index contributed by atoms with van der Waals surface area (Å²) in [6, 6.07) is 6.26. The van der Waals surface area contributed by atoms with E-state index in [0.717, 1.165) is 19.3 Å². The van der Waals surface area contributed by atoms with E-state index in [1.54, 1.807) is 26.0 Å². The Morgan fingerprint density at radius 3 is 2.09 bits per heavy atom. The smallest absolute Gasteiger partial charge is 0.444 e. The number of carbonyl (C=O) groups is 2. The molecule has 0 heterocycles. The largest absolute Gasteiger partial charge is 0.530 e. The van der Waals surface area contributed by atoms with Crippen molar-refractivity contribution in [1.82, 2.24) is 10.6 Å². The molecule has 1 atom stereocenters. The summed E-state index contributed by atoms with van der Waals surface area (Å²) in [5.41, 5.74) is -0.362. The first-order valence-corrected chi connectivity index (χ1v) is 13.1. The lowest BCUT2D eigenvalue weighted by atomic mass is 10.1. The molecule has 2 amide bonds. The Labute approximate surface area is 202 Å². The Morgan fingerprint density at radius 2 is 1.53 bits per heavy atom. The van der Waals surface area contributed by atoms with Gasteiger partial charge < -0.3 is 25.0 Å². The Balaban J connectivity index is 2.43. The highest BCUT2D eigenvalue weighted by molar-refractivity contribution is 7.48. The van der Waals surface area contributed by atoms with Crippen LogP contribution >= 0.6 is 7.82 Å². The third-order valence-electron chi connectivity index (χ3n) is 4.32. The number of benzene rings is 1. The standard InChI is InChI=1S/C23H39N2O8P/c1-6-30-34(29,31-7-2)33-19-15-11-10-14-18(19)20(26)21(27)24-16-12-8-9-13-17-25-22(28)32-23(3,4)5/h10-11,14-15,20,26H,6-9,12-13,16-17H2,1-5H3,(H,24,27)(H,25,28). The highest BCUT2D eigenvalue weighted by Crippen LogP contribution is 2.50. The Hall–Kier alpha value is -2.13. The highest BCUT2D eigenvalue weighted by Gasteiger charge is 2.30. The van der Waals surface area contributed by atoms with Crippen LogP contribution < -0.4 is 15.2 Å². The second-order valence-corrected chi connectivity index (χ2v) is 10.0. The molecular formula is C23H39N2O8P. The molecule has 0 fully saturated rings. The fourth-order valence-corrected chi connectivity index (χ4v) is 4.09. The summed E-state index contributed by atoms with van der Waals surface area (Å²) >= 11 is 0. The van der Waals surface area contributed by atoms with Crippen LogP contribution in [0.5, 0.6) is 5.75 Å². The van der Waals surface area contributed by atoms with Gasteiger partial charge in [-0.1, -0.05) is 31.0 Å². The number of aliphatic hydroxyl groups excluding tert-OH is 1. The van der Waals surface area contributed by atoms with Crippen LogP contribution in [0.1, 0.15) is 72.0 Å². The maximum Gasteiger partial charge on any atom is 0.530 e. The van der Waals surface area contributed by atoms with Crippen molar-refractivity contribution in [3.8, 4) is 5.75 Å². The fraction of sp³-hybridized carbons (Fsp3) is 0.652. The van der Waals surface area contributed by atoms with Crippen LogP contribution in [0.25, 0.3) is 0 Å². The van der Waals surface area contributed by atoms with Crippen LogP contribution in [0.4, 0.5) is 4.79 Å². The van der Waals surface area contributed by atoms with Gasteiger partial charge in [-0.2, -0.15) is 0 Å². The number of ether oxygens (including phenoxy) is 1. The molecule has 0 radical (unpaired) electrons. The molecule has 0 aliphatic rings. The summed E-state index contributed by atoms with van der Waals surface area (Å²) in [5.74, 6) is -0.543. The third kappa shape index (κ3) is 11.8. The van der Waals surface area contributed by atoms with Gasteiger partial charge in [0.25, 0.3) is 5.91 Å². The second-order valence-electron chi connectivity index (χ2n) is 8.45. The van der Waals surface area contributed by atoms with Crippen LogP contribution in [0.2, 0.25) is 0 Å². The number of amides is 2. The Morgan fingerprint density at radius 1 is 0.971 bits per heavy atom. The summed E-state index contributed by atoms with van der Waals surface area (Å²) in [7, 11) is -3.87. The van der Waals surface area contributed by atoms with E-state index in [-0.39, 0.29) is 24.5 Å². The summed E-state index contributed by atoms with van der Waals surface area (Å²) in [6.07, 6.45) is 1.28. The predicted molar refractivity (Wildman–Crippen MR) is 129 cm³/mol. The van der Waals surface area contributed by atoms with Gasteiger partial charge in [0.15, 0.2) is 6.10 Å². The lowest BCUT2D eigenvalue weighted by Gasteiger charge is -2.20. The van der Waals surface area contributed by atoms with Crippen molar-refractivity contribution in [3.63, 3.8) is 0 Å². The number of aliphatic hydroxyl groups is 1. The van der Waals surface area contributed by atoms with Gasteiger partial charge >= 0.3 is 13.9 Å². The number of rotatable bonds is 15. The van der Waals surface area contributed by atoms with Crippen LogP contribution in [0.15, 0.2) is 24.3 Å². The molecule has 0 spiro atoms. The summed E-state index contributed by atoms with van der Waals surface area (Å²) in [5, 5.41) is 15.9. The first kappa shape index (κ1) is 29.9. The van der Waals surface area contributed by atoms with Crippen molar-refractivity contribution in [1.29, 1.82) is 0 Å². The summed E-state index contributed by atoms with van der Waals surface area (Å²) in [6.45, 7) is 9.86. The van der Waals surface area contributed by atoms with Gasteiger partial charge in [0.1, 0.15) is 11.4 Å². The van der Waals surface area contributed by atoms with E-state index >= 15 is 0 Å². The molecule has 10 nitrogen and oxygen atoms in total. The van der Waals surface area contributed by atoms with Gasteiger partial charge in [0.05, 0.1) is 13.2 Å². The molecule has 0 aromatic heterocycles. The summed E-state index contributed by atoms with van der Waals surface area (Å²) in [4.78, 5) is 24.0. The highest BCUT2D eigenvalue weighted by atomic mass is 31.2. The number of alkyl carbamates (subject to hydrolysis) is 1. The minimum atomic E-state index is -3.87. The van der Waals surface area contributed by atoms with E-state index in [1.165, 1.54) is 12.1 Å². The average Bonchev–Trinajstić information content (AvgIpc) is 2.74. The lowest BCUT2D eigenvalue weighted by Crippen LogP contribution is -2.33. The number of para-hydroxylation sites is 1. The number of nitrogens with one attached hydrogen (secondary N) is 2. The van der Waals surface area contributed by atoms with Gasteiger partial charge in [-0.3, -0.25) is 13.8 Å². The van der Waals surface area contributed by atoms with Crippen LogP contribution in [0, 0.1) is 0 Å². The van der Waals surface area contributed by atoms with Crippen molar-refractivity contribution < 1.29 is 37.6 Å². The van der Waals surface area contributed by atoms with Crippen LogP contribution in [0.3, 0.4) is 0 Å². The first-order chi connectivity index (χ1) is 16.0. The molecule has 0 saturated carbocycles. The predicted octanol–water partition coefficient (Wildman–Crippen LogP) is 4.48. The normalized spacial score (nSPS) is 12.6. The number of phosphoric ester groups is 1. The van der Waals surface area contributed by atoms with E-state index in [0.29, 0.717) is 19.5 Å². The van der Waals surface area contributed by atoms with E-state index in [4.69, 9.17) is 18.3 Å².